The van der Waals surface area contributed by atoms with Gasteiger partial charge in [-0.2, -0.15) is 0 Å². The quantitative estimate of drug-likeness (QED) is 0.547. The molecule has 1 N–H and O–H groups in total. The van der Waals surface area contributed by atoms with Gasteiger partial charge in [0.05, 0.1) is 6.54 Å². The molecule has 0 aliphatic carbocycles. The lowest BCUT2D eigenvalue weighted by molar-refractivity contribution is -0.127. The average Bonchev–Trinajstić information content (AvgIpc) is 2.52. The van der Waals surface area contributed by atoms with E-state index >= 15 is 0 Å². The molecule has 0 atom stereocenters. The van der Waals surface area contributed by atoms with Crippen LogP contribution in [0.3, 0.4) is 0 Å². The average molecular weight is 341 g/mol. The first-order valence-corrected chi connectivity index (χ1v) is 9.69. The molecule has 1 aromatic heterocycles. The molecule has 0 unspecified atom stereocenters. The van der Waals surface area contributed by atoms with E-state index in [1.165, 1.54) is 0 Å². The van der Waals surface area contributed by atoms with Crippen molar-refractivity contribution in [2.24, 2.45) is 0 Å². The molecule has 1 amide bonds. The zero-order valence-corrected chi connectivity index (χ0v) is 15.0. The van der Waals surface area contributed by atoms with E-state index in [4.69, 9.17) is 0 Å². The topological polar surface area (TPSA) is 53.4 Å². The summed E-state index contributed by atoms with van der Waals surface area (Å²) in [7, 11) is 3.42. The maximum absolute atomic E-state index is 12.0. The zero-order chi connectivity index (χ0) is 16.4. The van der Waals surface area contributed by atoms with E-state index in [2.05, 4.69) is 11.9 Å². The predicted octanol–water partition coefficient (Wildman–Crippen LogP) is 3.84. The number of aliphatic hydroxyl groups excluding tert-OH is 1. The Labute approximate surface area is 140 Å². The number of amides is 1. The van der Waals surface area contributed by atoms with Gasteiger partial charge in [0.2, 0.25) is 5.91 Å². The molecule has 0 aliphatic rings. The summed E-state index contributed by atoms with van der Waals surface area (Å²) in [6, 6.07) is 3.83. The van der Waals surface area contributed by atoms with Gasteiger partial charge >= 0.3 is 0 Å². The molecule has 6 heteroatoms. The van der Waals surface area contributed by atoms with Crippen molar-refractivity contribution in [3.63, 3.8) is 0 Å². The number of nitrogens with zero attached hydrogens (tertiary/aromatic N) is 2. The summed E-state index contributed by atoms with van der Waals surface area (Å²) in [5.74, 6) is 1.05. The van der Waals surface area contributed by atoms with Gasteiger partial charge < -0.3 is 10.0 Å². The fourth-order valence-corrected chi connectivity index (χ4v) is 4.46. The van der Waals surface area contributed by atoms with Gasteiger partial charge in [-0.25, -0.2) is 0 Å². The molecule has 0 saturated carbocycles. The standard InChI is InChI=1S/C16H24N2O2S2/c1-4-10-21-22-16(7-9-19)13(2)18(14(3)20)12-15-6-5-8-17-11-15/h5-6,8,11,19H,4,7,9-10,12H2,1-3H3/b16-13-. The van der Waals surface area contributed by atoms with Crippen LogP contribution in [0.2, 0.25) is 0 Å². The van der Waals surface area contributed by atoms with Gasteiger partial charge in [0.25, 0.3) is 0 Å². The van der Waals surface area contributed by atoms with Crippen LogP contribution in [0.25, 0.3) is 0 Å². The third-order valence-corrected chi connectivity index (χ3v) is 5.89. The van der Waals surface area contributed by atoms with E-state index in [1.54, 1.807) is 45.8 Å². The molecule has 1 aromatic rings. The highest BCUT2D eigenvalue weighted by Crippen LogP contribution is 2.35. The van der Waals surface area contributed by atoms with E-state index in [9.17, 15) is 9.90 Å². The Balaban J connectivity index is 2.93. The maximum atomic E-state index is 12.0. The first-order valence-electron chi connectivity index (χ1n) is 7.37. The SMILES string of the molecule is CCCSS/C(CCO)=C(/C)N(Cc1cccnc1)C(C)=O. The fourth-order valence-electron chi connectivity index (χ4n) is 1.87. The van der Waals surface area contributed by atoms with Crippen molar-refractivity contribution in [3.8, 4) is 0 Å². The maximum Gasteiger partial charge on any atom is 0.223 e. The number of rotatable bonds is 9. The third-order valence-electron chi connectivity index (χ3n) is 3.04. The fraction of sp³-hybridized carbons (Fsp3) is 0.500. The molecule has 22 heavy (non-hydrogen) atoms. The summed E-state index contributed by atoms with van der Waals surface area (Å²) < 4.78 is 0. The first-order chi connectivity index (χ1) is 10.6. The van der Waals surface area contributed by atoms with Crippen LogP contribution in [-0.2, 0) is 11.3 Å². The van der Waals surface area contributed by atoms with Crippen LogP contribution < -0.4 is 0 Å². The zero-order valence-electron chi connectivity index (χ0n) is 13.4. The minimum Gasteiger partial charge on any atom is -0.396 e. The largest absolute Gasteiger partial charge is 0.396 e. The van der Waals surface area contributed by atoms with Crippen molar-refractivity contribution in [2.75, 3.05) is 12.4 Å². The summed E-state index contributed by atoms with van der Waals surface area (Å²) in [5, 5.41) is 9.28. The van der Waals surface area contributed by atoms with Gasteiger partial charge in [0, 0.05) is 48.7 Å². The lowest BCUT2D eigenvalue weighted by Gasteiger charge is -2.24. The molecule has 1 rings (SSSR count). The highest BCUT2D eigenvalue weighted by atomic mass is 33.1. The molecule has 4 nitrogen and oxygen atoms in total. The second-order valence-electron chi connectivity index (χ2n) is 4.85. The number of pyridine rings is 1. The molecule has 0 radical (unpaired) electrons. The van der Waals surface area contributed by atoms with Gasteiger partial charge in [-0.05, 0) is 25.0 Å². The number of hydrogen-bond acceptors (Lipinski definition) is 5. The summed E-state index contributed by atoms with van der Waals surface area (Å²) in [4.78, 5) is 18.9. The van der Waals surface area contributed by atoms with Crippen LogP contribution in [0.1, 0.15) is 39.2 Å². The molecule has 0 bridgehead atoms. The molecular weight excluding hydrogens is 316 g/mol. The Hall–Kier alpha value is -0.980. The van der Waals surface area contributed by atoms with Crippen molar-refractivity contribution in [2.45, 2.75) is 40.2 Å². The lowest BCUT2D eigenvalue weighted by atomic mass is 10.2. The minimum absolute atomic E-state index is 0.00196. The first kappa shape index (κ1) is 19.1. The number of allylic oxidation sites excluding steroid dienone is 1. The molecule has 0 spiro atoms. The molecule has 122 valence electrons. The molecular formula is C16H24N2O2S2. The van der Waals surface area contributed by atoms with Crippen molar-refractivity contribution < 1.29 is 9.90 Å². The normalized spacial score (nSPS) is 12.0. The smallest absolute Gasteiger partial charge is 0.223 e. The van der Waals surface area contributed by atoms with Crippen molar-refractivity contribution in [1.82, 2.24) is 9.88 Å². The van der Waals surface area contributed by atoms with Crippen molar-refractivity contribution in [3.05, 3.63) is 40.7 Å². The van der Waals surface area contributed by atoms with Gasteiger partial charge in [0.1, 0.15) is 0 Å². The summed E-state index contributed by atoms with van der Waals surface area (Å²) in [5.41, 5.74) is 1.91. The summed E-state index contributed by atoms with van der Waals surface area (Å²) >= 11 is 0. The highest BCUT2D eigenvalue weighted by molar-refractivity contribution is 8.78. The number of carbonyl (C=O) groups is 1. The van der Waals surface area contributed by atoms with E-state index in [1.807, 2.05) is 19.1 Å². The molecule has 0 aliphatic heterocycles. The van der Waals surface area contributed by atoms with E-state index in [-0.39, 0.29) is 12.5 Å². The van der Waals surface area contributed by atoms with Gasteiger partial charge in [-0.1, -0.05) is 34.6 Å². The molecule has 0 saturated heterocycles. The van der Waals surface area contributed by atoms with E-state index in [0.717, 1.165) is 28.3 Å². The Morgan fingerprint density at radius 3 is 2.73 bits per heavy atom. The van der Waals surface area contributed by atoms with Crippen LogP contribution in [-0.4, -0.2) is 33.3 Å². The highest BCUT2D eigenvalue weighted by Gasteiger charge is 2.16. The summed E-state index contributed by atoms with van der Waals surface area (Å²) in [6.45, 7) is 6.25. The second-order valence-corrected chi connectivity index (χ2v) is 7.36. The second kappa shape index (κ2) is 10.7. The van der Waals surface area contributed by atoms with Crippen LogP contribution in [0.4, 0.5) is 0 Å². The number of hydrogen-bond donors (Lipinski definition) is 1. The Bertz CT molecular complexity index is 492. The molecule has 0 fully saturated rings. The van der Waals surface area contributed by atoms with Gasteiger partial charge in [-0.15, -0.1) is 0 Å². The minimum atomic E-state index is -0.00196. The van der Waals surface area contributed by atoms with Crippen LogP contribution >= 0.6 is 21.6 Å². The number of aliphatic hydroxyl groups is 1. The predicted molar refractivity (Wildman–Crippen MR) is 95.2 cm³/mol. The van der Waals surface area contributed by atoms with Crippen LogP contribution in [0, 0.1) is 0 Å². The van der Waals surface area contributed by atoms with E-state index < -0.39 is 0 Å². The lowest BCUT2D eigenvalue weighted by Crippen LogP contribution is -2.27. The van der Waals surface area contributed by atoms with Crippen molar-refractivity contribution >= 4 is 27.5 Å². The monoisotopic (exact) mass is 340 g/mol. The Morgan fingerprint density at radius 2 is 2.18 bits per heavy atom. The van der Waals surface area contributed by atoms with Crippen LogP contribution in [0.15, 0.2) is 35.1 Å². The Kier molecular flexibility index (Phi) is 9.27. The van der Waals surface area contributed by atoms with Crippen molar-refractivity contribution in [1.29, 1.82) is 0 Å². The molecule has 1 heterocycles. The van der Waals surface area contributed by atoms with Gasteiger partial charge in [-0.3, -0.25) is 9.78 Å². The third kappa shape index (κ3) is 6.42. The molecule has 0 aromatic carbocycles. The summed E-state index contributed by atoms with van der Waals surface area (Å²) in [6.07, 6.45) is 5.17. The van der Waals surface area contributed by atoms with E-state index in [0.29, 0.717) is 13.0 Å². The Morgan fingerprint density at radius 1 is 1.41 bits per heavy atom. The number of carbonyl (C=O) groups excluding carboxylic acids is 1. The van der Waals surface area contributed by atoms with Gasteiger partial charge in [0.15, 0.2) is 0 Å². The van der Waals surface area contributed by atoms with Crippen LogP contribution in [0.5, 0.6) is 0 Å². The number of aromatic nitrogens is 1.